The summed E-state index contributed by atoms with van der Waals surface area (Å²) >= 11 is 0. The second-order valence-corrected chi connectivity index (χ2v) is 6.78. The normalized spacial score (nSPS) is 11.2. The van der Waals surface area contributed by atoms with Crippen molar-refractivity contribution >= 4 is 15.9 Å². The maximum Gasteiger partial charge on any atom is 0.235 e. The summed E-state index contributed by atoms with van der Waals surface area (Å²) in [5.74, 6) is -1.31. The number of carbonyl (C=O) groups is 1. The average molecular weight is 336 g/mol. The highest BCUT2D eigenvalue weighted by atomic mass is 32.2. The standard InChI is InChI=1S/C16H17FN2O3S/c17-15-8-4-7-14(9-15)12-23(21,22)19-11-16(20)18-10-13-5-2-1-3-6-13/h1-9,19H,10-12H2,(H,18,20). The summed E-state index contributed by atoms with van der Waals surface area (Å²) in [4.78, 5) is 11.7. The lowest BCUT2D eigenvalue weighted by Gasteiger charge is -2.08. The maximum atomic E-state index is 13.0. The number of hydrogen-bond acceptors (Lipinski definition) is 3. The van der Waals surface area contributed by atoms with E-state index in [2.05, 4.69) is 10.0 Å². The van der Waals surface area contributed by atoms with Gasteiger partial charge in [0.15, 0.2) is 0 Å². The molecule has 0 spiro atoms. The third-order valence-electron chi connectivity index (χ3n) is 3.03. The smallest absolute Gasteiger partial charge is 0.235 e. The van der Waals surface area contributed by atoms with Crippen LogP contribution in [0.1, 0.15) is 11.1 Å². The number of benzene rings is 2. The third kappa shape index (κ3) is 6.17. The van der Waals surface area contributed by atoms with Crippen LogP contribution in [0, 0.1) is 5.82 Å². The van der Waals surface area contributed by atoms with E-state index in [-0.39, 0.29) is 12.3 Å². The number of sulfonamides is 1. The van der Waals surface area contributed by atoms with Crippen LogP contribution < -0.4 is 10.0 Å². The fourth-order valence-electron chi connectivity index (χ4n) is 1.93. The Bertz CT molecular complexity index is 764. The van der Waals surface area contributed by atoms with Crippen molar-refractivity contribution in [3.63, 3.8) is 0 Å². The average Bonchev–Trinajstić information content (AvgIpc) is 2.52. The van der Waals surface area contributed by atoms with Gasteiger partial charge in [0.2, 0.25) is 15.9 Å². The molecule has 0 fully saturated rings. The van der Waals surface area contributed by atoms with Gasteiger partial charge in [-0.15, -0.1) is 0 Å². The molecule has 0 unspecified atom stereocenters. The topological polar surface area (TPSA) is 75.3 Å². The SMILES string of the molecule is O=C(CNS(=O)(=O)Cc1cccc(F)c1)NCc1ccccc1. The predicted molar refractivity (Wildman–Crippen MR) is 85.3 cm³/mol. The Morgan fingerprint density at radius 3 is 2.39 bits per heavy atom. The van der Waals surface area contributed by atoms with Crippen LogP contribution in [-0.2, 0) is 27.1 Å². The predicted octanol–water partition coefficient (Wildman–Crippen LogP) is 1.56. The number of rotatable bonds is 7. The molecule has 1 amide bonds. The molecule has 0 aliphatic rings. The molecule has 2 N–H and O–H groups in total. The Labute approximate surface area is 134 Å². The highest BCUT2D eigenvalue weighted by Crippen LogP contribution is 2.07. The minimum absolute atomic E-state index is 0.321. The van der Waals surface area contributed by atoms with Gasteiger partial charge in [-0.25, -0.2) is 17.5 Å². The van der Waals surface area contributed by atoms with E-state index in [4.69, 9.17) is 0 Å². The highest BCUT2D eigenvalue weighted by molar-refractivity contribution is 7.88. The summed E-state index contributed by atoms with van der Waals surface area (Å²) in [5.41, 5.74) is 1.24. The molecule has 7 heteroatoms. The van der Waals surface area contributed by atoms with E-state index < -0.39 is 21.7 Å². The van der Waals surface area contributed by atoms with Crippen molar-refractivity contribution < 1.29 is 17.6 Å². The summed E-state index contributed by atoms with van der Waals surface area (Å²) in [6.07, 6.45) is 0. The van der Waals surface area contributed by atoms with Crippen LogP contribution in [0.2, 0.25) is 0 Å². The van der Waals surface area contributed by atoms with Crippen molar-refractivity contribution in [1.29, 1.82) is 0 Å². The first-order valence-electron chi connectivity index (χ1n) is 6.97. The van der Waals surface area contributed by atoms with Gasteiger partial charge < -0.3 is 5.32 Å². The largest absolute Gasteiger partial charge is 0.351 e. The zero-order valence-electron chi connectivity index (χ0n) is 12.3. The number of amides is 1. The van der Waals surface area contributed by atoms with Crippen molar-refractivity contribution in [2.45, 2.75) is 12.3 Å². The van der Waals surface area contributed by atoms with Crippen LogP contribution >= 0.6 is 0 Å². The quantitative estimate of drug-likeness (QED) is 0.806. The van der Waals surface area contributed by atoms with E-state index in [1.165, 1.54) is 18.2 Å². The molecular formula is C16H17FN2O3S. The minimum atomic E-state index is -3.71. The molecule has 5 nitrogen and oxygen atoms in total. The van der Waals surface area contributed by atoms with Crippen molar-refractivity contribution in [2.24, 2.45) is 0 Å². The van der Waals surface area contributed by atoms with Crippen LogP contribution in [0.3, 0.4) is 0 Å². The molecule has 0 saturated heterocycles. The Balaban J connectivity index is 1.80. The molecule has 2 rings (SSSR count). The number of halogens is 1. The van der Waals surface area contributed by atoms with Gasteiger partial charge in [0.05, 0.1) is 12.3 Å². The monoisotopic (exact) mass is 336 g/mol. The van der Waals surface area contributed by atoms with Crippen molar-refractivity contribution in [3.8, 4) is 0 Å². The van der Waals surface area contributed by atoms with Gasteiger partial charge in [-0.05, 0) is 23.3 Å². The van der Waals surface area contributed by atoms with Crippen molar-refractivity contribution in [2.75, 3.05) is 6.54 Å². The van der Waals surface area contributed by atoms with Crippen LogP contribution in [-0.4, -0.2) is 20.9 Å². The summed E-state index contributed by atoms with van der Waals surface area (Å²) < 4.78 is 39.0. The highest BCUT2D eigenvalue weighted by Gasteiger charge is 2.13. The number of hydrogen-bond donors (Lipinski definition) is 2. The first-order valence-corrected chi connectivity index (χ1v) is 8.62. The third-order valence-corrected chi connectivity index (χ3v) is 4.33. The molecule has 0 aromatic heterocycles. The van der Waals surface area contributed by atoms with Crippen LogP contribution in [0.15, 0.2) is 54.6 Å². The molecule has 122 valence electrons. The lowest BCUT2D eigenvalue weighted by atomic mass is 10.2. The van der Waals surface area contributed by atoms with Gasteiger partial charge in [0.25, 0.3) is 0 Å². The Morgan fingerprint density at radius 2 is 1.70 bits per heavy atom. The van der Waals surface area contributed by atoms with E-state index >= 15 is 0 Å². The molecule has 0 heterocycles. The zero-order valence-corrected chi connectivity index (χ0v) is 13.1. The van der Waals surface area contributed by atoms with E-state index in [9.17, 15) is 17.6 Å². The van der Waals surface area contributed by atoms with E-state index in [1.54, 1.807) is 0 Å². The second-order valence-electron chi connectivity index (χ2n) is 4.97. The Kier molecular flexibility index (Phi) is 5.84. The summed E-state index contributed by atoms with van der Waals surface area (Å²) in [6, 6.07) is 14.6. The van der Waals surface area contributed by atoms with Gasteiger partial charge in [0, 0.05) is 6.54 Å². The molecule has 0 aliphatic carbocycles. The lowest BCUT2D eigenvalue weighted by Crippen LogP contribution is -2.37. The second kappa shape index (κ2) is 7.85. The van der Waals surface area contributed by atoms with Crippen LogP contribution in [0.5, 0.6) is 0 Å². The zero-order chi connectivity index (χ0) is 16.7. The molecule has 0 aliphatic heterocycles. The van der Waals surface area contributed by atoms with Crippen LogP contribution in [0.4, 0.5) is 4.39 Å². The molecule has 2 aromatic rings. The maximum absolute atomic E-state index is 13.0. The van der Waals surface area contributed by atoms with Crippen LogP contribution in [0.25, 0.3) is 0 Å². The van der Waals surface area contributed by atoms with E-state index in [0.29, 0.717) is 12.1 Å². The molecular weight excluding hydrogens is 319 g/mol. The van der Waals surface area contributed by atoms with Gasteiger partial charge in [-0.1, -0.05) is 42.5 Å². The summed E-state index contributed by atoms with van der Waals surface area (Å²) in [6.45, 7) is -0.0320. The molecule has 0 saturated carbocycles. The van der Waals surface area contributed by atoms with Gasteiger partial charge in [-0.2, -0.15) is 0 Å². The molecule has 23 heavy (non-hydrogen) atoms. The number of nitrogens with one attached hydrogen (secondary N) is 2. The van der Waals surface area contributed by atoms with Gasteiger partial charge >= 0.3 is 0 Å². The molecule has 0 atom stereocenters. The fourth-order valence-corrected chi connectivity index (χ4v) is 3.00. The lowest BCUT2D eigenvalue weighted by molar-refractivity contribution is -0.120. The summed E-state index contributed by atoms with van der Waals surface area (Å²) in [5, 5.41) is 2.62. The number of carbonyl (C=O) groups excluding carboxylic acids is 1. The molecule has 0 radical (unpaired) electrons. The van der Waals surface area contributed by atoms with Crippen molar-refractivity contribution in [1.82, 2.24) is 10.0 Å². The van der Waals surface area contributed by atoms with Gasteiger partial charge in [0.1, 0.15) is 5.82 Å². The first-order chi connectivity index (χ1) is 10.9. The van der Waals surface area contributed by atoms with E-state index in [1.807, 2.05) is 30.3 Å². The summed E-state index contributed by atoms with van der Waals surface area (Å²) in [7, 11) is -3.71. The molecule has 0 bridgehead atoms. The van der Waals surface area contributed by atoms with Crippen molar-refractivity contribution in [3.05, 3.63) is 71.5 Å². The molecule has 2 aromatic carbocycles. The Morgan fingerprint density at radius 1 is 1.00 bits per heavy atom. The van der Waals surface area contributed by atoms with Gasteiger partial charge in [-0.3, -0.25) is 4.79 Å². The minimum Gasteiger partial charge on any atom is -0.351 e. The fraction of sp³-hybridized carbons (Fsp3) is 0.188. The van der Waals surface area contributed by atoms with E-state index in [0.717, 1.165) is 11.6 Å². The Hall–Kier alpha value is -2.25. The first kappa shape index (κ1) is 17.1.